The first kappa shape index (κ1) is 18.4. The van der Waals surface area contributed by atoms with E-state index in [1.165, 1.54) is 16.7 Å². The number of carbonyl (C=O) groups is 1. The lowest BCUT2D eigenvalue weighted by Crippen LogP contribution is -2.31. The molecule has 0 saturated heterocycles. The maximum atomic E-state index is 12.2. The highest BCUT2D eigenvalue weighted by Crippen LogP contribution is 2.22. The molecule has 0 unspecified atom stereocenters. The average Bonchev–Trinajstić information content (AvgIpc) is 2.62. The fourth-order valence-corrected chi connectivity index (χ4v) is 3.38. The van der Waals surface area contributed by atoms with Crippen molar-refractivity contribution < 1.29 is 4.79 Å². The van der Waals surface area contributed by atoms with Gasteiger partial charge in [0.1, 0.15) is 0 Å². The summed E-state index contributed by atoms with van der Waals surface area (Å²) in [6, 6.07) is 16.5. The van der Waals surface area contributed by atoms with Crippen LogP contribution in [0.5, 0.6) is 0 Å². The summed E-state index contributed by atoms with van der Waals surface area (Å²) in [4.78, 5) is 12.2. The van der Waals surface area contributed by atoms with Crippen LogP contribution >= 0.6 is 11.8 Å². The molecule has 3 nitrogen and oxygen atoms in total. The van der Waals surface area contributed by atoms with E-state index in [0.29, 0.717) is 6.54 Å². The van der Waals surface area contributed by atoms with Crippen LogP contribution in [0.15, 0.2) is 48.5 Å². The van der Waals surface area contributed by atoms with Crippen molar-refractivity contribution in [3.8, 4) is 0 Å². The zero-order chi connectivity index (χ0) is 17.2. The van der Waals surface area contributed by atoms with Crippen molar-refractivity contribution in [2.75, 3.05) is 17.6 Å². The second-order valence-electron chi connectivity index (χ2n) is 5.58. The molecule has 0 spiro atoms. The molecular weight excluding hydrogens is 316 g/mol. The molecule has 0 saturated carbocycles. The molecule has 0 heterocycles. The second kappa shape index (κ2) is 10.0. The standard InChI is InChI=1S/C20H26N2OS/c1-3-17-11-8-12-18(4-2)19(17)22-20(23)21-13-14-24-15-16-9-6-5-7-10-16/h5-12H,3-4,13-15H2,1-2H3,(H2,21,22,23). The molecular formula is C20H26N2OS. The Kier molecular flexibility index (Phi) is 7.69. The monoisotopic (exact) mass is 342 g/mol. The Balaban J connectivity index is 1.76. The van der Waals surface area contributed by atoms with Gasteiger partial charge in [0, 0.05) is 23.7 Å². The zero-order valence-corrected chi connectivity index (χ0v) is 15.3. The van der Waals surface area contributed by atoms with Crippen LogP contribution in [0.2, 0.25) is 0 Å². The molecule has 128 valence electrons. The minimum Gasteiger partial charge on any atom is -0.337 e. The van der Waals surface area contributed by atoms with Crippen LogP contribution in [0, 0.1) is 0 Å². The number of aryl methyl sites for hydroxylation is 2. The van der Waals surface area contributed by atoms with Crippen molar-refractivity contribution in [3.05, 3.63) is 65.2 Å². The number of benzene rings is 2. The second-order valence-corrected chi connectivity index (χ2v) is 6.68. The summed E-state index contributed by atoms with van der Waals surface area (Å²) in [5.74, 6) is 1.88. The van der Waals surface area contributed by atoms with E-state index in [0.717, 1.165) is 30.0 Å². The molecule has 0 atom stereocenters. The van der Waals surface area contributed by atoms with E-state index in [1.807, 2.05) is 17.8 Å². The first-order chi connectivity index (χ1) is 11.7. The Morgan fingerprint density at radius 3 is 2.25 bits per heavy atom. The fourth-order valence-electron chi connectivity index (χ4n) is 2.56. The van der Waals surface area contributed by atoms with Gasteiger partial charge in [-0.15, -0.1) is 0 Å². The summed E-state index contributed by atoms with van der Waals surface area (Å²) in [6.07, 6.45) is 1.83. The summed E-state index contributed by atoms with van der Waals surface area (Å²) in [5.41, 5.74) is 4.65. The highest BCUT2D eigenvalue weighted by molar-refractivity contribution is 7.98. The summed E-state index contributed by atoms with van der Waals surface area (Å²) in [7, 11) is 0. The van der Waals surface area contributed by atoms with Crippen LogP contribution < -0.4 is 10.6 Å². The first-order valence-electron chi connectivity index (χ1n) is 8.51. The van der Waals surface area contributed by atoms with E-state index < -0.39 is 0 Å². The number of hydrogen-bond donors (Lipinski definition) is 2. The third kappa shape index (κ3) is 5.60. The molecule has 2 aromatic rings. The molecule has 24 heavy (non-hydrogen) atoms. The van der Waals surface area contributed by atoms with Crippen LogP contribution in [-0.2, 0) is 18.6 Å². The van der Waals surface area contributed by atoms with E-state index >= 15 is 0 Å². The maximum Gasteiger partial charge on any atom is 0.319 e. The van der Waals surface area contributed by atoms with Crippen molar-refractivity contribution >= 4 is 23.5 Å². The zero-order valence-electron chi connectivity index (χ0n) is 14.5. The number of carbonyl (C=O) groups excluding carboxylic acids is 1. The Labute approximate surface area is 149 Å². The Bertz CT molecular complexity index is 621. The molecule has 0 bridgehead atoms. The van der Waals surface area contributed by atoms with Gasteiger partial charge in [-0.25, -0.2) is 4.79 Å². The number of anilines is 1. The largest absolute Gasteiger partial charge is 0.337 e. The van der Waals surface area contributed by atoms with Crippen LogP contribution in [-0.4, -0.2) is 18.3 Å². The van der Waals surface area contributed by atoms with Crippen LogP contribution in [0.1, 0.15) is 30.5 Å². The predicted molar refractivity (Wildman–Crippen MR) is 105 cm³/mol. The van der Waals surface area contributed by atoms with Crippen molar-refractivity contribution in [3.63, 3.8) is 0 Å². The van der Waals surface area contributed by atoms with Gasteiger partial charge in [0.25, 0.3) is 0 Å². The van der Waals surface area contributed by atoms with E-state index in [4.69, 9.17) is 0 Å². The van der Waals surface area contributed by atoms with Crippen molar-refractivity contribution in [2.45, 2.75) is 32.4 Å². The van der Waals surface area contributed by atoms with Crippen LogP contribution in [0.3, 0.4) is 0 Å². The summed E-state index contributed by atoms with van der Waals surface area (Å²) in [5, 5.41) is 5.98. The SMILES string of the molecule is CCc1cccc(CC)c1NC(=O)NCCSCc1ccccc1. The summed E-state index contributed by atoms with van der Waals surface area (Å²) >= 11 is 1.83. The van der Waals surface area contributed by atoms with Gasteiger partial charge in [0.05, 0.1) is 0 Å². The van der Waals surface area contributed by atoms with E-state index in [9.17, 15) is 4.79 Å². The maximum absolute atomic E-state index is 12.2. The van der Waals surface area contributed by atoms with Crippen molar-refractivity contribution in [1.82, 2.24) is 5.32 Å². The smallest absolute Gasteiger partial charge is 0.319 e. The fraction of sp³-hybridized carbons (Fsp3) is 0.350. The third-order valence-corrected chi connectivity index (χ3v) is 4.91. The number of para-hydroxylation sites is 1. The average molecular weight is 343 g/mol. The number of urea groups is 1. The molecule has 0 aliphatic rings. The molecule has 0 aromatic heterocycles. The molecule has 2 N–H and O–H groups in total. The van der Waals surface area contributed by atoms with Crippen LogP contribution in [0.4, 0.5) is 10.5 Å². The first-order valence-corrected chi connectivity index (χ1v) is 9.67. The van der Waals surface area contributed by atoms with Crippen molar-refractivity contribution in [2.24, 2.45) is 0 Å². The lowest BCUT2D eigenvalue weighted by Gasteiger charge is -2.15. The van der Waals surface area contributed by atoms with Gasteiger partial charge in [-0.2, -0.15) is 11.8 Å². The number of hydrogen-bond acceptors (Lipinski definition) is 2. The number of nitrogens with one attached hydrogen (secondary N) is 2. The minimum atomic E-state index is -0.120. The molecule has 0 radical (unpaired) electrons. The van der Waals surface area contributed by atoms with Gasteiger partial charge in [-0.05, 0) is 29.5 Å². The molecule has 0 fully saturated rings. The molecule has 2 aromatic carbocycles. The van der Waals surface area contributed by atoms with E-state index in [-0.39, 0.29) is 6.03 Å². The lowest BCUT2D eigenvalue weighted by molar-refractivity contribution is 0.252. The number of thioether (sulfide) groups is 1. The topological polar surface area (TPSA) is 41.1 Å². The quantitative estimate of drug-likeness (QED) is 0.672. The molecule has 0 aliphatic carbocycles. The molecule has 0 aliphatic heterocycles. The van der Waals surface area contributed by atoms with E-state index in [1.54, 1.807) is 0 Å². The summed E-state index contributed by atoms with van der Waals surface area (Å²) in [6.45, 7) is 4.88. The van der Waals surface area contributed by atoms with Gasteiger partial charge in [0.15, 0.2) is 0 Å². The number of amides is 2. The summed E-state index contributed by atoms with van der Waals surface area (Å²) < 4.78 is 0. The van der Waals surface area contributed by atoms with Gasteiger partial charge in [-0.3, -0.25) is 0 Å². The predicted octanol–water partition coefficient (Wildman–Crippen LogP) is 4.87. The Hall–Kier alpha value is -1.94. The van der Waals surface area contributed by atoms with E-state index in [2.05, 4.69) is 66.9 Å². The normalized spacial score (nSPS) is 10.4. The molecule has 2 rings (SSSR count). The molecule has 4 heteroatoms. The third-order valence-electron chi connectivity index (χ3n) is 3.88. The van der Waals surface area contributed by atoms with Crippen LogP contribution in [0.25, 0.3) is 0 Å². The highest BCUT2D eigenvalue weighted by Gasteiger charge is 2.09. The van der Waals surface area contributed by atoms with Gasteiger partial charge in [-0.1, -0.05) is 62.4 Å². The van der Waals surface area contributed by atoms with Crippen molar-refractivity contribution in [1.29, 1.82) is 0 Å². The van der Waals surface area contributed by atoms with Gasteiger partial charge < -0.3 is 10.6 Å². The Morgan fingerprint density at radius 1 is 0.958 bits per heavy atom. The van der Waals surface area contributed by atoms with Gasteiger partial charge >= 0.3 is 6.03 Å². The lowest BCUT2D eigenvalue weighted by atomic mass is 10.0. The number of rotatable bonds is 8. The molecule has 2 amide bonds. The Morgan fingerprint density at radius 2 is 1.62 bits per heavy atom. The minimum absolute atomic E-state index is 0.120. The highest BCUT2D eigenvalue weighted by atomic mass is 32.2. The van der Waals surface area contributed by atoms with Gasteiger partial charge in [0.2, 0.25) is 0 Å².